The zero-order valence-electron chi connectivity index (χ0n) is 10.1. The molecular weight excluding hydrogens is 232 g/mol. The maximum atomic E-state index is 12.1. The molecule has 1 unspecified atom stereocenters. The van der Waals surface area contributed by atoms with Gasteiger partial charge in [0, 0.05) is 13.2 Å². The van der Waals surface area contributed by atoms with Gasteiger partial charge in [-0.25, -0.2) is 9.97 Å². The Morgan fingerprint density at radius 2 is 2.28 bits per heavy atom. The molecule has 1 atom stereocenters. The summed E-state index contributed by atoms with van der Waals surface area (Å²) in [5.41, 5.74) is 0.492. The number of aromatic nitrogens is 4. The number of rotatable bonds is 4. The molecule has 7 nitrogen and oxygen atoms in total. The lowest BCUT2D eigenvalue weighted by molar-refractivity contribution is 0.0939. The second kappa shape index (κ2) is 5.26. The average Bonchev–Trinajstić information content (AvgIpc) is 2.92. The summed E-state index contributed by atoms with van der Waals surface area (Å²) in [6, 6.07) is 3.18. The lowest BCUT2D eigenvalue weighted by atomic mass is 10.2. The number of pyridine rings is 1. The van der Waals surface area contributed by atoms with Gasteiger partial charge in [-0.05, 0) is 19.1 Å². The molecular formula is C11H14N6O. The van der Waals surface area contributed by atoms with E-state index in [2.05, 4.69) is 30.8 Å². The number of carbonyl (C=O) groups is 1. The van der Waals surface area contributed by atoms with Gasteiger partial charge >= 0.3 is 0 Å². The summed E-state index contributed by atoms with van der Waals surface area (Å²) >= 11 is 0. The van der Waals surface area contributed by atoms with Gasteiger partial charge in [0.05, 0.1) is 11.6 Å². The van der Waals surface area contributed by atoms with Crippen LogP contribution in [0.2, 0.25) is 0 Å². The Bertz CT molecular complexity index is 524. The van der Waals surface area contributed by atoms with Crippen LogP contribution in [0.3, 0.4) is 0 Å². The van der Waals surface area contributed by atoms with Crippen LogP contribution in [0, 0.1) is 0 Å². The molecule has 0 aromatic carbocycles. The smallest absolute Gasteiger partial charge is 0.255 e. The summed E-state index contributed by atoms with van der Waals surface area (Å²) in [5, 5.41) is 12.2. The van der Waals surface area contributed by atoms with Crippen LogP contribution in [0.4, 0.5) is 5.82 Å². The molecule has 0 aliphatic rings. The number of nitrogens with one attached hydrogen (secondary N) is 3. The zero-order chi connectivity index (χ0) is 13.0. The van der Waals surface area contributed by atoms with E-state index >= 15 is 0 Å². The molecule has 2 aromatic heterocycles. The van der Waals surface area contributed by atoms with Crippen LogP contribution in [0.1, 0.15) is 29.1 Å². The largest absolute Gasteiger partial charge is 0.372 e. The van der Waals surface area contributed by atoms with Crippen LogP contribution in [-0.2, 0) is 0 Å². The zero-order valence-corrected chi connectivity index (χ0v) is 10.1. The second-order valence-corrected chi connectivity index (χ2v) is 3.72. The Kier molecular flexibility index (Phi) is 3.52. The standard InChI is InChI=1S/C11H14N6O/c1-7(9-14-6-15-17-9)16-11(18)8-4-3-5-13-10(8)12-2/h3-7H,1-2H3,(H,12,13)(H,16,18)(H,14,15,17). The first-order valence-electron chi connectivity index (χ1n) is 5.51. The van der Waals surface area contributed by atoms with Gasteiger partial charge < -0.3 is 10.6 Å². The first-order chi connectivity index (χ1) is 8.72. The SMILES string of the molecule is CNc1ncccc1C(=O)NC(C)c1ncn[nH]1. The third-order valence-corrected chi connectivity index (χ3v) is 2.48. The normalized spacial score (nSPS) is 11.9. The van der Waals surface area contributed by atoms with Gasteiger partial charge in [0.2, 0.25) is 0 Å². The van der Waals surface area contributed by atoms with Crippen molar-refractivity contribution >= 4 is 11.7 Å². The molecule has 0 fully saturated rings. The van der Waals surface area contributed by atoms with Gasteiger partial charge in [-0.15, -0.1) is 0 Å². The topological polar surface area (TPSA) is 95.6 Å². The minimum absolute atomic E-state index is 0.212. The summed E-state index contributed by atoms with van der Waals surface area (Å²) in [5.74, 6) is 0.939. The number of amides is 1. The maximum Gasteiger partial charge on any atom is 0.255 e. The first kappa shape index (κ1) is 12.0. The number of hydrogen-bond acceptors (Lipinski definition) is 5. The van der Waals surface area contributed by atoms with Gasteiger partial charge in [0.15, 0.2) is 0 Å². The molecule has 94 valence electrons. The lowest BCUT2D eigenvalue weighted by Crippen LogP contribution is -2.28. The minimum Gasteiger partial charge on any atom is -0.372 e. The highest BCUT2D eigenvalue weighted by Gasteiger charge is 2.16. The predicted molar refractivity (Wildman–Crippen MR) is 66.0 cm³/mol. The van der Waals surface area contributed by atoms with Crippen LogP contribution in [0.5, 0.6) is 0 Å². The van der Waals surface area contributed by atoms with Crippen LogP contribution < -0.4 is 10.6 Å². The molecule has 3 N–H and O–H groups in total. The van der Waals surface area contributed by atoms with Crippen molar-refractivity contribution in [3.05, 3.63) is 36.0 Å². The third kappa shape index (κ3) is 2.45. The molecule has 2 heterocycles. The van der Waals surface area contributed by atoms with E-state index in [0.29, 0.717) is 17.2 Å². The average molecular weight is 246 g/mol. The number of aromatic amines is 1. The van der Waals surface area contributed by atoms with Crippen LogP contribution >= 0.6 is 0 Å². The van der Waals surface area contributed by atoms with E-state index in [1.165, 1.54) is 6.33 Å². The highest BCUT2D eigenvalue weighted by atomic mass is 16.1. The van der Waals surface area contributed by atoms with Crippen LogP contribution in [0.15, 0.2) is 24.7 Å². The Labute approximate surface area is 104 Å². The molecule has 0 aliphatic carbocycles. The fraction of sp³-hybridized carbons (Fsp3) is 0.273. The maximum absolute atomic E-state index is 12.1. The molecule has 0 radical (unpaired) electrons. The number of H-pyrrole nitrogens is 1. The molecule has 1 amide bonds. The van der Waals surface area contributed by atoms with Gasteiger partial charge in [-0.2, -0.15) is 5.10 Å². The Morgan fingerprint density at radius 1 is 1.44 bits per heavy atom. The lowest BCUT2D eigenvalue weighted by Gasteiger charge is -2.12. The van der Waals surface area contributed by atoms with E-state index in [1.807, 2.05) is 6.92 Å². The van der Waals surface area contributed by atoms with Crippen molar-refractivity contribution in [2.24, 2.45) is 0 Å². The van der Waals surface area contributed by atoms with Crippen molar-refractivity contribution in [2.75, 3.05) is 12.4 Å². The van der Waals surface area contributed by atoms with Gasteiger partial charge in [-0.3, -0.25) is 9.89 Å². The number of hydrogen-bond donors (Lipinski definition) is 3. The van der Waals surface area contributed by atoms with Crippen molar-refractivity contribution in [2.45, 2.75) is 13.0 Å². The van der Waals surface area contributed by atoms with Gasteiger partial charge in [0.25, 0.3) is 5.91 Å². The van der Waals surface area contributed by atoms with Crippen molar-refractivity contribution in [3.63, 3.8) is 0 Å². The highest BCUT2D eigenvalue weighted by molar-refractivity contribution is 5.98. The summed E-state index contributed by atoms with van der Waals surface area (Å²) in [6.07, 6.45) is 3.03. The Morgan fingerprint density at radius 3 is 2.94 bits per heavy atom. The highest BCUT2D eigenvalue weighted by Crippen LogP contribution is 2.12. The third-order valence-electron chi connectivity index (χ3n) is 2.48. The fourth-order valence-corrected chi connectivity index (χ4v) is 1.55. The summed E-state index contributed by atoms with van der Waals surface area (Å²) in [7, 11) is 1.72. The summed E-state index contributed by atoms with van der Waals surface area (Å²) in [4.78, 5) is 20.2. The fourth-order valence-electron chi connectivity index (χ4n) is 1.55. The van der Waals surface area contributed by atoms with Crippen molar-refractivity contribution in [1.82, 2.24) is 25.5 Å². The number of nitrogens with zero attached hydrogens (tertiary/aromatic N) is 3. The molecule has 0 spiro atoms. The van der Waals surface area contributed by atoms with E-state index in [1.54, 1.807) is 25.4 Å². The van der Waals surface area contributed by atoms with E-state index < -0.39 is 0 Å². The van der Waals surface area contributed by atoms with E-state index in [9.17, 15) is 4.79 Å². The molecule has 2 rings (SSSR count). The summed E-state index contributed by atoms with van der Waals surface area (Å²) in [6.45, 7) is 1.83. The first-order valence-corrected chi connectivity index (χ1v) is 5.51. The molecule has 2 aromatic rings. The quantitative estimate of drug-likeness (QED) is 0.739. The van der Waals surface area contributed by atoms with E-state index in [4.69, 9.17) is 0 Å². The van der Waals surface area contributed by atoms with Crippen molar-refractivity contribution < 1.29 is 4.79 Å². The molecule has 0 saturated heterocycles. The van der Waals surface area contributed by atoms with Crippen molar-refractivity contribution in [1.29, 1.82) is 0 Å². The van der Waals surface area contributed by atoms with Crippen molar-refractivity contribution in [3.8, 4) is 0 Å². The van der Waals surface area contributed by atoms with E-state index in [0.717, 1.165) is 0 Å². The van der Waals surface area contributed by atoms with Crippen LogP contribution in [-0.4, -0.2) is 33.1 Å². The molecule has 0 bridgehead atoms. The Balaban J connectivity index is 2.12. The Hall–Kier alpha value is -2.44. The predicted octanol–water partition coefficient (Wildman–Crippen LogP) is 0.732. The van der Waals surface area contributed by atoms with E-state index in [-0.39, 0.29) is 11.9 Å². The number of carbonyl (C=O) groups excluding carboxylic acids is 1. The summed E-state index contributed by atoms with van der Waals surface area (Å²) < 4.78 is 0. The van der Waals surface area contributed by atoms with Gasteiger partial charge in [0.1, 0.15) is 18.0 Å². The molecule has 0 aliphatic heterocycles. The monoisotopic (exact) mass is 246 g/mol. The molecule has 18 heavy (non-hydrogen) atoms. The van der Waals surface area contributed by atoms with Gasteiger partial charge in [-0.1, -0.05) is 0 Å². The second-order valence-electron chi connectivity index (χ2n) is 3.72. The molecule has 7 heteroatoms. The minimum atomic E-state index is -0.245. The number of anilines is 1. The molecule has 0 saturated carbocycles. The van der Waals surface area contributed by atoms with Crippen LogP contribution in [0.25, 0.3) is 0 Å².